The lowest BCUT2D eigenvalue weighted by Gasteiger charge is -2.18. The third-order valence-electron chi connectivity index (χ3n) is 6.58. The van der Waals surface area contributed by atoms with E-state index >= 15 is 0 Å². The third kappa shape index (κ3) is 5.32. The van der Waals surface area contributed by atoms with Gasteiger partial charge in [-0.25, -0.2) is 4.79 Å². The zero-order chi connectivity index (χ0) is 25.1. The standard InChI is InChI=1S/C29H29NO5S/c1-34-26-15-19(4-5-21(26)17-30-12-2-3-13-30)14-25-24-11-8-22(31)16-27(24)36-29(25)20-6-9-23(10-7-20)35-18-28(32)33/h4-11,15-16,31H,2-3,12-14,17-18H2,1H3,(H,32,33). The minimum absolute atomic E-state index is 0.243. The van der Waals surface area contributed by atoms with Crippen molar-refractivity contribution in [1.82, 2.24) is 4.90 Å². The maximum Gasteiger partial charge on any atom is 0.341 e. The molecule has 0 spiro atoms. The van der Waals surface area contributed by atoms with Crippen LogP contribution >= 0.6 is 11.3 Å². The topological polar surface area (TPSA) is 79.2 Å². The Morgan fingerprint density at radius 3 is 2.53 bits per heavy atom. The number of hydrogen-bond donors (Lipinski definition) is 2. The van der Waals surface area contributed by atoms with Crippen molar-refractivity contribution in [3.8, 4) is 27.7 Å². The van der Waals surface area contributed by atoms with Gasteiger partial charge in [-0.1, -0.05) is 12.1 Å². The predicted octanol–water partition coefficient (Wildman–Crippen LogP) is 5.93. The second-order valence-corrected chi connectivity index (χ2v) is 10.2. The van der Waals surface area contributed by atoms with E-state index in [2.05, 4.69) is 23.1 Å². The molecule has 0 atom stereocenters. The smallest absolute Gasteiger partial charge is 0.341 e. The first-order chi connectivity index (χ1) is 17.5. The Bertz CT molecular complexity index is 1370. The normalized spacial score (nSPS) is 13.8. The van der Waals surface area contributed by atoms with Gasteiger partial charge >= 0.3 is 5.97 Å². The molecule has 1 aromatic heterocycles. The molecule has 6 nitrogen and oxygen atoms in total. The fraction of sp³-hybridized carbons (Fsp3) is 0.276. The van der Waals surface area contributed by atoms with Gasteiger partial charge in [0, 0.05) is 21.7 Å². The van der Waals surface area contributed by atoms with Gasteiger partial charge in [-0.3, -0.25) is 4.90 Å². The maximum atomic E-state index is 10.8. The fourth-order valence-corrected chi connectivity index (χ4v) is 6.07. The molecule has 36 heavy (non-hydrogen) atoms. The summed E-state index contributed by atoms with van der Waals surface area (Å²) in [6.45, 7) is 2.82. The largest absolute Gasteiger partial charge is 0.508 e. The molecule has 5 rings (SSSR count). The van der Waals surface area contributed by atoms with Crippen LogP contribution in [0.4, 0.5) is 0 Å². The van der Waals surface area contributed by atoms with E-state index in [-0.39, 0.29) is 12.4 Å². The second kappa shape index (κ2) is 10.6. The molecule has 4 aromatic rings. The number of aromatic hydroxyl groups is 1. The molecule has 186 valence electrons. The summed E-state index contributed by atoms with van der Waals surface area (Å²) in [5.74, 6) is 0.664. The number of hydrogen-bond acceptors (Lipinski definition) is 6. The van der Waals surface area contributed by atoms with E-state index in [1.807, 2.05) is 18.2 Å². The molecule has 1 aliphatic rings. The Morgan fingerprint density at radius 1 is 1.03 bits per heavy atom. The molecule has 1 aliphatic heterocycles. The lowest BCUT2D eigenvalue weighted by molar-refractivity contribution is -0.139. The summed E-state index contributed by atoms with van der Waals surface area (Å²) >= 11 is 1.64. The number of carboxylic acids is 1. The Morgan fingerprint density at radius 2 is 1.81 bits per heavy atom. The van der Waals surface area contributed by atoms with Crippen LogP contribution in [-0.2, 0) is 17.8 Å². The summed E-state index contributed by atoms with van der Waals surface area (Å²) in [5, 5.41) is 20.0. The van der Waals surface area contributed by atoms with Crippen LogP contribution < -0.4 is 9.47 Å². The molecule has 0 bridgehead atoms. The quantitative estimate of drug-likeness (QED) is 0.295. The highest BCUT2D eigenvalue weighted by atomic mass is 32.1. The highest BCUT2D eigenvalue weighted by Gasteiger charge is 2.18. The summed E-state index contributed by atoms with van der Waals surface area (Å²) in [5.41, 5.74) is 4.57. The summed E-state index contributed by atoms with van der Waals surface area (Å²) in [6.07, 6.45) is 3.24. The van der Waals surface area contributed by atoms with E-state index in [0.29, 0.717) is 5.75 Å². The van der Waals surface area contributed by atoms with Crippen LogP contribution in [-0.4, -0.2) is 47.9 Å². The minimum atomic E-state index is -1.01. The number of aliphatic carboxylic acids is 1. The predicted molar refractivity (Wildman–Crippen MR) is 142 cm³/mol. The van der Waals surface area contributed by atoms with Crippen molar-refractivity contribution < 1.29 is 24.5 Å². The highest BCUT2D eigenvalue weighted by Crippen LogP contribution is 2.42. The van der Waals surface area contributed by atoms with Crippen molar-refractivity contribution in [3.63, 3.8) is 0 Å². The van der Waals surface area contributed by atoms with Gasteiger partial charge in [-0.15, -0.1) is 11.3 Å². The first kappa shape index (κ1) is 24.2. The molecule has 3 aromatic carbocycles. The van der Waals surface area contributed by atoms with E-state index < -0.39 is 5.97 Å². The van der Waals surface area contributed by atoms with Crippen molar-refractivity contribution in [1.29, 1.82) is 0 Å². The van der Waals surface area contributed by atoms with Crippen molar-refractivity contribution in [2.24, 2.45) is 0 Å². The number of phenolic OH excluding ortho intramolecular Hbond substituents is 1. The Kier molecular flexibility index (Phi) is 7.11. The number of likely N-dealkylation sites (tertiary alicyclic amines) is 1. The highest BCUT2D eigenvalue weighted by molar-refractivity contribution is 7.22. The Hall–Kier alpha value is -3.55. The molecule has 0 amide bonds. The number of methoxy groups -OCH3 is 1. The van der Waals surface area contributed by atoms with Crippen molar-refractivity contribution >= 4 is 27.4 Å². The number of carbonyl (C=O) groups is 1. The molecule has 7 heteroatoms. The lowest BCUT2D eigenvalue weighted by atomic mass is 9.97. The number of rotatable bonds is 9. The number of thiophene rings is 1. The van der Waals surface area contributed by atoms with Gasteiger partial charge in [0.1, 0.15) is 17.2 Å². The average Bonchev–Trinajstić information content (AvgIpc) is 3.51. The first-order valence-electron chi connectivity index (χ1n) is 12.1. The molecule has 0 saturated carbocycles. The zero-order valence-corrected chi connectivity index (χ0v) is 21.0. The number of nitrogens with zero attached hydrogens (tertiary/aromatic N) is 1. The van der Waals surface area contributed by atoms with E-state index in [1.165, 1.54) is 24.0 Å². The number of benzene rings is 3. The monoisotopic (exact) mass is 503 g/mol. The molecule has 0 aliphatic carbocycles. The minimum Gasteiger partial charge on any atom is -0.508 e. The molecule has 0 unspecified atom stereocenters. The van der Waals surface area contributed by atoms with Gasteiger partial charge in [0.2, 0.25) is 0 Å². The van der Waals surface area contributed by atoms with E-state index in [9.17, 15) is 9.90 Å². The average molecular weight is 504 g/mol. The van der Waals surface area contributed by atoms with Crippen LogP contribution in [0.5, 0.6) is 17.2 Å². The fourth-order valence-electron chi connectivity index (χ4n) is 4.81. The molecule has 1 saturated heterocycles. The van der Waals surface area contributed by atoms with Crippen LogP contribution in [0.25, 0.3) is 20.5 Å². The third-order valence-corrected chi connectivity index (χ3v) is 7.82. The van der Waals surface area contributed by atoms with Gasteiger partial charge in [0.25, 0.3) is 0 Å². The van der Waals surface area contributed by atoms with Crippen LogP contribution in [0.15, 0.2) is 60.7 Å². The van der Waals surface area contributed by atoms with Crippen molar-refractivity contribution in [2.45, 2.75) is 25.8 Å². The second-order valence-electron chi connectivity index (χ2n) is 9.10. The molecule has 0 radical (unpaired) electrons. The summed E-state index contributed by atoms with van der Waals surface area (Å²) in [4.78, 5) is 14.4. The first-order valence-corrected chi connectivity index (χ1v) is 12.9. The van der Waals surface area contributed by atoms with Gasteiger partial charge < -0.3 is 19.7 Å². The van der Waals surface area contributed by atoms with Gasteiger partial charge in [0.05, 0.1) is 7.11 Å². The maximum absolute atomic E-state index is 10.8. The lowest BCUT2D eigenvalue weighted by Crippen LogP contribution is -2.18. The number of fused-ring (bicyclic) bond motifs is 1. The SMILES string of the molecule is COc1cc(Cc2c(-c3ccc(OCC(=O)O)cc3)sc3cc(O)ccc23)ccc1CN1CCCC1. The number of ether oxygens (including phenoxy) is 2. The van der Waals surface area contributed by atoms with Crippen LogP contribution in [0.3, 0.4) is 0 Å². The molecule has 2 N–H and O–H groups in total. The van der Waals surface area contributed by atoms with E-state index in [0.717, 1.165) is 57.9 Å². The van der Waals surface area contributed by atoms with Gasteiger partial charge in [-0.2, -0.15) is 0 Å². The Labute approximate surface area is 214 Å². The molecule has 2 heterocycles. The summed E-state index contributed by atoms with van der Waals surface area (Å²) in [6, 6.07) is 19.5. The van der Waals surface area contributed by atoms with E-state index in [4.69, 9.17) is 14.6 Å². The molecule has 1 fully saturated rings. The Balaban J connectivity index is 1.47. The zero-order valence-electron chi connectivity index (χ0n) is 20.2. The van der Waals surface area contributed by atoms with Crippen LogP contribution in [0, 0.1) is 0 Å². The molecular weight excluding hydrogens is 474 g/mol. The summed E-state index contributed by atoms with van der Waals surface area (Å²) < 4.78 is 12.1. The number of phenols is 1. The van der Waals surface area contributed by atoms with Crippen LogP contribution in [0.2, 0.25) is 0 Å². The van der Waals surface area contributed by atoms with Crippen molar-refractivity contribution in [2.75, 3.05) is 26.8 Å². The molecular formula is C29H29NO5S. The number of carboxylic acid groups (broad SMARTS) is 1. The van der Waals surface area contributed by atoms with Gasteiger partial charge in [0.15, 0.2) is 6.61 Å². The van der Waals surface area contributed by atoms with Crippen LogP contribution in [0.1, 0.15) is 29.5 Å². The van der Waals surface area contributed by atoms with E-state index in [1.54, 1.807) is 42.7 Å². The van der Waals surface area contributed by atoms with Gasteiger partial charge in [-0.05, 0) is 103 Å². The summed E-state index contributed by atoms with van der Waals surface area (Å²) in [7, 11) is 1.73. The van der Waals surface area contributed by atoms with Crippen molar-refractivity contribution in [3.05, 3.63) is 77.4 Å².